The lowest BCUT2D eigenvalue weighted by Gasteiger charge is -2.38. The summed E-state index contributed by atoms with van der Waals surface area (Å²) in [5.74, 6) is -112. The Labute approximate surface area is 618 Å². The van der Waals surface area contributed by atoms with Crippen molar-refractivity contribution in [1.82, 2.24) is 0 Å². The fraction of sp³-hybridized carbons (Fsp3) is 0. The van der Waals surface area contributed by atoms with Crippen LogP contribution in [0.2, 0.25) is 0 Å². The summed E-state index contributed by atoms with van der Waals surface area (Å²) >= 11 is 0. The molecule has 0 fully saturated rings. The van der Waals surface area contributed by atoms with Crippen LogP contribution in [0.5, 0.6) is 0 Å². The van der Waals surface area contributed by atoms with E-state index in [9.17, 15) is 63.1 Å². The minimum atomic E-state index is -6.65. The molecule has 4 heterocycles. The van der Waals surface area contributed by atoms with E-state index >= 15 is 105 Å². The molecule has 12 aromatic rings. The minimum Gasteiger partial charge on any atom is -0.413 e. The Bertz CT molecular complexity index is 5400. The summed E-state index contributed by atoms with van der Waals surface area (Å²) in [6, 6.07) is 12.3. The van der Waals surface area contributed by atoms with Crippen LogP contribution in [0.1, 0.15) is 41.4 Å². The summed E-state index contributed by atoms with van der Waals surface area (Å²) in [5.41, 5.74) is -26.0. The van der Waals surface area contributed by atoms with Crippen molar-refractivity contribution >= 4 is 91.1 Å². The van der Waals surface area contributed by atoms with Crippen molar-refractivity contribution in [3.8, 4) is 0 Å². The molecule has 14 rings (SSSR count). The SMILES string of the molecule is Fc1cccc(F)c1.Fc1cccc(F)c1.O=C1c2ccc3c4c(ccc(c24)C(=O)N1c1ccc[n+]([B-](c2c(F)c(F)c(F)c(F)c2F)(c2c(F)c(F)c(F)c(F)c2F)c2c(F)c(F)c(F)c(F)c2F)c1)C(=O)N(c1ccc[n+]([B-](c2c(F)c(F)c(F)c(F)c2F)(c2c(F)c(F)c(F)c(F)c2F)c2c(F)c(F)c(F)c(F)c2F)c1)C3=O. The second-order valence-electron chi connectivity index (χ2n) is 24.4. The summed E-state index contributed by atoms with van der Waals surface area (Å²) in [4.78, 5) is 58.9. The van der Waals surface area contributed by atoms with Gasteiger partial charge in [0.1, 0.15) is 129 Å². The zero-order valence-corrected chi connectivity index (χ0v) is 55.0. The number of carbonyl (C=O) groups excluding carboxylic acids is 4. The van der Waals surface area contributed by atoms with Crippen molar-refractivity contribution in [2.45, 2.75) is 0 Å². The third-order valence-electron chi connectivity index (χ3n) is 18.5. The number of hydrogen-bond donors (Lipinski definition) is 0. The van der Waals surface area contributed by atoms with Crippen LogP contribution in [0.4, 0.5) is 161 Å². The zero-order valence-electron chi connectivity index (χ0n) is 55.0. The van der Waals surface area contributed by atoms with Crippen molar-refractivity contribution in [2.75, 3.05) is 9.80 Å². The number of aromatic nitrogens is 2. The van der Waals surface area contributed by atoms with Gasteiger partial charge in [-0.25, -0.2) is 159 Å². The number of pyridine rings is 2. The van der Waals surface area contributed by atoms with Crippen LogP contribution in [-0.4, -0.2) is 36.2 Å². The molecule has 0 saturated heterocycles. The molecule has 2 aliphatic heterocycles. The van der Waals surface area contributed by atoms with Crippen molar-refractivity contribution in [1.29, 1.82) is 0 Å². The van der Waals surface area contributed by atoms with E-state index in [2.05, 4.69) is 0 Å². The molecule has 0 N–H and O–H groups in total. The van der Waals surface area contributed by atoms with Gasteiger partial charge in [-0.05, 0) is 106 Å². The average molecular weight is 1670 g/mol. The molecular weight excluding hydrogens is 1650 g/mol. The molecule has 4 amide bonds. The quantitative estimate of drug-likeness (QED) is 0.0449. The molecule has 0 atom stereocenters. The first-order valence-electron chi connectivity index (χ1n) is 31.1. The lowest BCUT2D eigenvalue weighted by molar-refractivity contribution is -0.539. The van der Waals surface area contributed by atoms with E-state index < -0.39 is 320 Å². The van der Waals surface area contributed by atoms with Crippen molar-refractivity contribution in [2.24, 2.45) is 0 Å². The van der Waals surface area contributed by atoms with Crippen LogP contribution in [0.3, 0.4) is 0 Å². The minimum absolute atomic E-state index is 0.0924. The summed E-state index contributed by atoms with van der Waals surface area (Å²) in [5, 5.41) is -1.80. The molecule has 10 aromatic carbocycles. The first kappa shape index (κ1) is 82.3. The topological polar surface area (TPSA) is 82.5 Å². The zero-order chi connectivity index (χ0) is 85.5. The molecule has 0 bridgehead atoms. The summed E-state index contributed by atoms with van der Waals surface area (Å²) in [6.45, 7) is 0. The Hall–Kier alpha value is -13.2. The molecule has 596 valence electrons. The normalized spacial score (nSPS) is 12.8. The standard InChI is InChI=1S/C60H12B2F30N4O4.2C6H4F2/c63-27-21(28(64)40(76)51(87)39(27)75)61(22-29(65)41(77)52(88)42(78)30(22)66,23-31(67)43(79)53(89)44(80)32(23)68)93-9-1-3-13(11-93)95-57(97)15-5-7-17-20-18(8-6-16(19(15)20)58(95)98)60(100)96(59(17)99)14-4-2-10-94(12-14)62(24-33(69)45(81)54(90)46(82)34(24)70,25-35(71)47(83)55(91)48(84)36(25)72)26-37(73)49(85)56(92)50(86)38(26)74;2*7-5-2-1-3-6(8)4-5/h1-12H;2*1-4H. The van der Waals surface area contributed by atoms with Gasteiger partial charge in [-0.15, -0.1) is 0 Å². The number of imide groups is 2. The molecule has 2 aromatic heterocycles. The van der Waals surface area contributed by atoms with E-state index in [1.165, 1.54) is 36.4 Å². The number of hydrogen-bond acceptors (Lipinski definition) is 4. The van der Waals surface area contributed by atoms with Gasteiger partial charge in [0, 0.05) is 45.2 Å². The van der Waals surface area contributed by atoms with Crippen molar-refractivity contribution in [3.63, 3.8) is 0 Å². The van der Waals surface area contributed by atoms with Gasteiger partial charge < -0.3 is 8.96 Å². The van der Waals surface area contributed by atoms with E-state index in [1.807, 2.05) is 0 Å². The number of halogens is 34. The number of anilines is 2. The van der Waals surface area contributed by atoms with E-state index in [1.54, 1.807) is 0 Å². The van der Waals surface area contributed by atoms with E-state index in [4.69, 9.17) is 0 Å². The van der Waals surface area contributed by atoms with E-state index in [0.717, 1.165) is 12.1 Å². The molecule has 8 nitrogen and oxygen atoms in total. The van der Waals surface area contributed by atoms with Gasteiger partial charge in [-0.2, -0.15) is 0 Å². The van der Waals surface area contributed by atoms with Gasteiger partial charge in [0.05, 0.1) is 0 Å². The highest BCUT2D eigenvalue weighted by Crippen LogP contribution is 2.41. The van der Waals surface area contributed by atoms with E-state index in [-0.39, 0.29) is 46.7 Å². The summed E-state index contributed by atoms with van der Waals surface area (Å²) in [7, 11) is 0. The number of carbonyl (C=O) groups is 4. The second-order valence-corrected chi connectivity index (χ2v) is 24.4. The maximum atomic E-state index is 16.6. The highest BCUT2D eigenvalue weighted by molar-refractivity contribution is 7.06. The second kappa shape index (κ2) is 29.6. The third-order valence-corrected chi connectivity index (χ3v) is 18.5. The molecule has 0 radical (unpaired) electrons. The maximum Gasteiger partial charge on any atom is 0.377 e. The maximum absolute atomic E-state index is 16.6. The molecule has 0 aliphatic carbocycles. The number of rotatable bonds is 10. The average Bonchev–Trinajstić information content (AvgIpc) is 0.693. The van der Waals surface area contributed by atoms with Gasteiger partial charge in [0.25, 0.3) is 23.6 Å². The smallest absolute Gasteiger partial charge is 0.377 e. The Morgan fingerprint density at radius 2 is 0.371 bits per heavy atom. The van der Waals surface area contributed by atoms with E-state index in [0.29, 0.717) is 36.4 Å². The van der Waals surface area contributed by atoms with Crippen LogP contribution in [-0.2, 0) is 0 Å². The highest BCUT2D eigenvalue weighted by atomic mass is 19.2. The first-order chi connectivity index (χ1) is 54.4. The first-order valence-corrected chi connectivity index (χ1v) is 31.1. The van der Waals surface area contributed by atoms with Gasteiger partial charge >= 0.3 is 12.6 Å². The van der Waals surface area contributed by atoms with Crippen LogP contribution >= 0.6 is 0 Å². The van der Waals surface area contributed by atoms with Crippen molar-refractivity contribution in [3.05, 3.63) is 342 Å². The Balaban J connectivity index is 0.000000692. The summed E-state index contributed by atoms with van der Waals surface area (Å²) in [6.07, 6.45) is -14.0. The van der Waals surface area contributed by atoms with Crippen LogP contribution < -0.4 is 51.5 Å². The number of nitrogens with zero attached hydrogens (tertiary/aromatic N) is 4. The molecular formula is C72H20B2F34N4O4. The van der Waals surface area contributed by atoms with Gasteiger partial charge in [-0.1, -0.05) is 12.1 Å². The van der Waals surface area contributed by atoms with Crippen LogP contribution in [0, 0.1) is 198 Å². The van der Waals surface area contributed by atoms with Crippen molar-refractivity contribution < 1.29 is 177 Å². The molecule has 0 unspecified atom stereocenters. The number of amides is 4. The molecule has 116 heavy (non-hydrogen) atoms. The third kappa shape index (κ3) is 12.0. The fourth-order valence-electron chi connectivity index (χ4n) is 13.7. The fourth-order valence-corrected chi connectivity index (χ4v) is 13.7. The largest absolute Gasteiger partial charge is 0.413 e. The Morgan fingerprint density at radius 1 is 0.207 bits per heavy atom. The predicted octanol–water partition coefficient (Wildman–Crippen LogP) is 14.1. The molecule has 44 heteroatoms. The monoisotopic (exact) mass is 1670 g/mol. The predicted molar refractivity (Wildman–Crippen MR) is 330 cm³/mol. The van der Waals surface area contributed by atoms with Crippen LogP contribution in [0.25, 0.3) is 10.8 Å². The Morgan fingerprint density at radius 3 is 0.526 bits per heavy atom. The lowest BCUT2D eigenvalue weighted by atomic mass is 9.23. The molecule has 2 aliphatic rings. The summed E-state index contributed by atoms with van der Waals surface area (Å²) < 4.78 is 519. The number of benzene rings is 10. The van der Waals surface area contributed by atoms with Crippen LogP contribution in [0.15, 0.2) is 122 Å². The molecule has 0 saturated carbocycles. The molecule has 0 spiro atoms. The Kier molecular flexibility index (Phi) is 21.0. The lowest BCUT2D eigenvalue weighted by Crippen LogP contribution is -2.88. The highest BCUT2D eigenvalue weighted by Gasteiger charge is 2.60. The van der Waals surface area contributed by atoms with Gasteiger partial charge in [-0.3, -0.25) is 19.2 Å². The van der Waals surface area contributed by atoms with Gasteiger partial charge in [0.15, 0.2) is 105 Å². The van der Waals surface area contributed by atoms with Gasteiger partial charge in [0.2, 0.25) is 0 Å².